The van der Waals surface area contributed by atoms with Gasteiger partial charge >= 0.3 is 0 Å². The predicted octanol–water partition coefficient (Wildman–Crippen LogP) is 4.75. The highest BCUT2D eigenvalue weighted by molar-refractivity contribution is 5.93. The Labute approximate surface area is 149 Å². The van der Waals surface area contributed by atoms with Gasteiger partial charge in [-0.2, -0.15) is 0 Å². The molecule has 1 fully saturated rings. The first-order valence-electron chi connectivity index (χ1n) is 9.37. The highest BCUT2D eigenvalue weighted by Crippen LogP contribution is 2.35. The highest BCUT2D eigenvalue weighted by atomic mass is 15.0. The van der Waals surface area contributed by atoms with Gasteiger partial charge in [-0.05, 0) is 37.8 Å². The third-order valence-electron chi connectivity index (χ3n) is 5.54. The molecule has 0 amide bonds. The van der Waals surface area contributed by atoms with E-state index in [1.807, 2.05) is 26.5 Å². The summed E-state index contributed by atoms with van der Waals surface area (Å²) in [6.07, 6.45) is 14.7. The lowest BCUT2D eigenvalue weighted by molar-refractivity contribution is 0.436. The van der Waals surface area contributed by atoms with Crippen molar-refractivity contribution in [2.24, 2.45) is 7.05 Å². The molecule has 3 heterocycles. The van der Waals surface area contributed by atoms with Crippen molar-refractivity contribution in [2.45, 2.75) is 58.3 Å². The molecule has 4 rings (SSSR count). The minimum atomic E-state index is 0.630. The van der Waals surface area contributed by atoms with Crippen LogP contribution in [0.25, 0.3) is 22.2 Å². The van der Waals surface area contributed by atoms with Crippen LogP contribution in [0.4, 0.5) is 0 Å². The molecule has 0 aliphatic heterocycles. The maximum absolute atomic E-state index is 4.85. The van der Waals surface area contributed by atoms with Gasteiger partial charge in [-0.3, -0.25) is 4.98 Å². The predicted molar refractivity (Wildman–Crippen MR) is 101 cm³/mol. The molecule has 0 unspecified atom stereocenters. The average molecular weight is 333 g/mol. The number of aromatic nitrogens is 4. The lowest BCUT2D eigenvalue weighted by Gasteiger charge is -2.22. The van der Waals surface area contributed by atoms with E-state index in [-0.39, 0.29) is 0 Å². The number of rotatable bonds is 3. The number of imidazole rings is 1. The molecule has 0 spiro atoms. The van der Waals surface area contributed by atoms with E-state index in [1.54, 1.807) is 0 Å². The van der Waals surface area contributed by atoms with Crippen molar-refractivity contribution in [2.75, 3.05) is 0 Å². The molecular weight excluding hydrogens is 308 g/mol. The summed E-state index contributed by atoms with van der Waals surface area (Å²) in [5.74, 6) is 0.630. The molecule has 0 atom stereocenters. The fourth-order valence-corrected chi connectivity index (χ4v) is 4.08. The first-order chi connectivity index (χ1) is 12.2. The monoisotopic (exact) mass is 333 g/mol. The van der Waals surface area contributed by atoms with Crippen LogP contribution in [0.1, 0.15) is 61.9 Å². The number of pyridine rings is 2. The van der Waals surface area contributed by atoms with Crippen LogP contribution < -0.4 is 0 Å². The molecule has 3 aromatic rings. The summed E-state index contributed by atoms with van der Waals surface area (Å²) >= 11 is 0. The number of nitrogens with zero attached hydrogens (tertiary/aromatic N) is 4. The van der Waals surface area contributed by atoms with Crippen LogP contribution in [-0.2, 0) is 13.5 Å². The Hall–Kier alpha value is -2.23. The Balaban J connectivity index is 1.83. The average Bonchev–Trinajstić information content (AvgIpc) is 3.05. The van der Waals surface area contributed by atoms with E-state index in [0.717, 1.165) is 34.3 Å². The zero-order valence-electron chi connectivity index (χ0n) is 15.3. The zero-order chi connectivity index (χ0) is 17.4. The first kappa shape index (κ1) is 16.2. The number of hydrogen-bond acceptors (Lipinski definition) is 3. The Morgan fingerprint density at radius 2 is 2.00 bits per heavy atom. The van der Waals surface area contributed by atoms with Crippen molar-refractivity contribution in [3.63, 3.8) is 0 Å². The van der Waals surface area contributed by atoms with Gasteiger partial charge in [0.2, 0.25) is 0 Å². The van der Waals surface area contributed by atoms with E-state index >= 15 is 0 Å². The zero-order valence-corrected chi connectivity index (χ0v) is 15.3. The fourth-order valence-electron chi connectivity index (χ4n) is 4.08. The molecule has 4 heteroatoms. The molecule has 1 aliphatic rings. The smallest absolute Gasteiger partial charge is 0.110 e. The van der Waals surface area contributed by atoms with Crippen LogP contribution >= 0.6 is 0 Å². The van der Waals surface area contributed by atoms with Crippen molar-refractivity contribution in [3.05, 3.63) is 41.7 Å². The van der Waals surface area contributed by atoms with Crippen LogP contribution in [0.3, 0.4) is 0 Å². The molecule has 3 aromatic heterocycles. The third-order valence-corrected chi connectivity index (χ3v) is 5.54. The van der Waals surface area contributed by atoms with Crippen molar-refractivity contribution >= 4 is 11.0 Å². The Morgan fingerprint density at radius 3 is 2.76 bits per heavy atom. The fraction of sp³-hybridized carbons (Fsp3) is 0.476. The quantitative estimate of drug-likeness (QED) is 0.695. The van der Waals surface area contributed by atoms with Gasteiger partial charge in [0.15, 0.2) is 0 Å². The van der Waals surface area contributed by atoms with Crippen molar-refractivity contribution in [1.82, 2.24) is 19.5 Å². The van der Waals surface area contributed by atoms with Gasteiger partial charge in [-0.15, -0.1) is 0 Å². The summed E-state index contributed by atoms with van der Waals surface area (Å²) in [6, 6.07) is 2.32. The molecule has 0 bridgehead atoms. The van der Waals surface area contributed by atoms with Crippen molar-refractivity contribution in [1.29, 1.82) is 0 Å². The minimum Gasteiger partial charge on any atom is -0.333 e. The summed E-state index contributed by atoms with van der Waals surface area (Å²) in [7, 11) is 2.03. The first-order valence-corrected chi connectivity index (χ1v) is 9.37. The SMILES string of the molecule is CCc1cc(C2CCCCC2)ncc1-c1[c]nc(C)c2ncn(C)c12. The summed E-state index contributed by atoms with van der Waals surface area (Å²) in [5, 5.41) is 0. The molecular formula is C21H25N4. The third kappa shape index (κ3) is 2.84. The summed E-state index contributed by atoms with van der Waals surface area (Å²) in [6.45, 7) is 4.20. The van der Waals surface area contributed by atoms with E-state index in [4.69, 9.17) is 4.98 Å². The van der Waals surface area contributed by atoms with Gasteiger partial charge in [0.1, 0.15) is 5.52 Å². The molecule has 1 aliphatic carbocycles. The minimum absolute atomic E-state index is 0.630. The number of aryl methyl sites for hydroxylation is 3. The lowest BCUT2D eigenvalue weighted by Crippen LogP contribution is -2.07. The topological polar surface area (TPSA) is 43.6 Å². The summed E-state index contributed by atoms with van der Waals surface area (Å²) in [4.78, 5) is 13.8. The van der Waals surface area contributed by atoms with Gasteiger partial charge in [0.05, 0.1) is 23.7 Å². The van der Waals surface area contributed by atoms with E-state index in [2.05, 4.69) is 33.7 Å². The Morgan fingerprint density at radius 1 is 1.20 bits per heavy atom. The van der Waals surface area contributed by atoms with Gasteiger partial charge in [-0.1, -0.05) is 26.2 Å². The van der Waals surface area contributed by atoms with Crippen LogP contribution in [0.2, 0.25) is 0 Å². The maximum Gasteiger partial charge on any atom is 0.110 e. The standard InChI is InChI=1S/C21H25N4/c1-4-15-10-19(16-8-6-5-7-9-16)23-11-17(15)18-12-22-14(2)20-21(18)25(3)13-24-20/h10-11,13,16H,4-9H2,1-3H3. The number of hydrogen-bond donors (Lipinski definition) is 0. The molecule has 0 aromatic carbocycles. The highest BCUT2D eigenvalue weighted by Gasteiger charge is 2.20. The van der Waals surface area contributed by atoms with Gasteiger partial charge in [0, 0.05) is 36.0 Å². The lowest BCUT2D eigenvalue weighted by atomic mass is 9.85. The molecule has 0 N–H and O–H groups in total. The van der Waals surface area contributed by atoms with Gasteiger partial charge < -0.3 is 4.57 Å². The molecule has 129 valence electrons. The largest absolute Gasteiger partial charge is 0.333 e. The van der Waals surface area contributed by atoms with Gasteiger partial charge in [-0.25, -0.2) is 9.97 Å². The Kier molecular flexibility index (Phi) is 4.28. The second-order valence-corrected chi connectivity index (χ2v) is 7.19. The van der Waals surface area contributed by atoms with E-state index in [9.17, 15) is 0 Å². The van der Waals surface area contributed by atoms with Crippen LogP contribution in [0.15, 0.2) is 18.6 Å². The van der Waals surface area contributed by atoms with E-state index in [1.165, 1.54) is 43.4 Å². The maximum atomic E-state index is 4.85. The van der Waals surface area contributed by atoms with E-state index < -0.39 is 0 Å². The van der Waals surface area contributed by atoms with E-state index in [0.29, 0.717) is 5.92 Å². The molecule has 0 saturated heterocycles. The van der Waals surface area contributed by atoms with Crippen molar-refractivity contribution in [3.8, 4) is 11.1 Å². The summed E-state index contributed by atoms with van der Waals surface area (Å²) < 4.78 is 2.06. The summed E-state index contributed by atoms with van der Waals surface area (Å²) in [5.41, 5.74) is 7.72. The van der Waals surface area contributed by atoms with Crippen molar-refractivity contribution < 1.29 is 0 Å². The van der Waals surface area contributed by atoms with Gasteiger partial charge in [0.25, 0.3) is 0 Å². The number of fused-ring (bicyclic) bond motifs is 1. The molecule has 1 saturated carbocycles. The molecule has 25 heavy (non-hydrogen) atoms. The second-order valence-electron chi connectivity index (χ2n) is 7.19. The van der Waals surface area contributed by atoms with Crippen LogP contribution in [0.5, 0.6) is 0 Å². The normalized spacial score (nSPS) is 15.8. The molecule has 1 radical (unpaired) electrons. The van der Waals surface area contributed by atoms with Crippen LogP contribution in [-0.4, -0.2) is 19.5 Å². The molecule has 4 nitrogen and oxygen atoms in total. The Bertz CT molecular complexity index is 904. The second kappa shape index (κ2) is 6.58. The van der Waals surface area contributed by atoms with Crippen LogP contribution in [0, 0.1) is 13.1 Å².